The number of carbonyl (C=O) groups excluding carboxylic acids is 1. The van der Waals surface area contributed by atoms with Crippen LogP contribution < -0.4 is 4.90 Å². The van der Waals surface area contributed by atoms with E-state index in [1.807, 2.05) is 13.0 Å². The number of hydrogen-bond donors (Lipinski definition) is 1. The second kappa shape index (κ2) is 9.46. The fourth-order valence-corrected chi connectivity index (χ4v) is 9.00. The Hall–Kier alpha value is -2.31. The summed E-state index contributed by atoms with van der Waals surface area (Å²) in [5, 5.41) is 11.9. The van der Waals surface area contributed by atoms with E-state index in [4.69, 9.17) is 0 Å². The van der Waals surface area contributed by atoms with Crippen LogP contribution in [0.5, 0.6) is 0 Å². The lowest BCUT2D eigenvalue weighted by Gasteiger charge is -2.53. The van der Waals surface area contributed by atoms with E-state index in [1.54, 1.807) is 5.57 Å². The van der Waals surface area contributed by atoms with Crippen LogP contribution in [0.3, 0.4) is 0 Å². The van der Waals surface area contributed by atoms with Crippen LogP contribution in [-0.4, -0.2) is 29.6 Å². The number of carbonyl (C=O) groups is 1. The fraction of sp³-hybridized carbons (Fsp3) is 0.618. The van der Waals surface area contributed by atoms with Gasteiger partial charge in [0.05, 0.1) is 0 Å². The van der Waals surface area contributed by atoms with Gasteiger partial charge in [-0.25, -0.2) is 0 Å². The highest BCUT2D eigenvalue weighted by Gasteiger charge is 2.62. The first-order valence-electron chi connectivity index (χ1n) is 14.8. The van der Waals surface area contributed by atoms with Crippen LogP contribution in [0, 0.1) is 29.1 Å². The predicted molar refractivity (Wildman–Crippen MR) is 150 cm³/mol. The molecular formula is C34H43NO2. The molecule has 4 unspecified atom stereocenters. The summed E-state index contributed by atoms with van der Waals surface area (Å²) in [6.45, 7) is 4.19. The molecule has 6 rings (SSSR count). The van der Waals surface area contributed by atoms with E-state index in [0.29, 0.717) is 30.1 Å². The maximum Gasteiger partial charge on any atom is 0.156 e. The van der Waals surface area contributed by atoms with Crippen molar-refractivity contribution < 1.29 is 9.90 Å². The normalized spacial score (nSPS) is 35.6. The molecule has 3 fully saturated rings. The summed E-state index contributed by atoms with van der Waals surface area (Å²) < 4.78 is 0. The largest absolute Gasteiger partial charge is 0.377 e. The monoisotopic (exact) mass is 497 g/mol. The predicted octanol–water partition coefficient (Wildman–Crippen LogP) is 7.11. The van der Waals surface area contributed by atoms with E-state index in [1.165, 1.54) is 54.5 Å². The molecule has 5 aliphatic carbocycles. The van der Waals surface area contributed by atoms with Crippen molar-refractivity contribution in [3.8, 4) is 11.8 Å². The summed E-state index contributed by atoms with van der Waals surface area (Å²) in [4.78, 5) is 14.8. The Morgan fingerprint density at radius 2 is 1.76 bits per heavy atom. The summed E-state index contributed by atoms with van der Waals surface area (Å²) in [7, 11) is 2.26. The summed E-state index contributed by atoms with van der Waals surface area (Å²) in [6, 6.07) is 10.0. The van der Waals surface area contributed by atoms with Gasteiger partial charge in [-0.15, -0.1) is 5.92 Å². The van der Waals surface area contributed by atoms with Gasteiger partial charge < -0.3 is 10.0 Å². The third-order valence-electron chi connectivity index (χ3n) is 11.0. The number of benzene rings is 1. The number of hydrogen-bond acceptors (Lipinski definition) is 3. The third-order valence-corrected chi connectivity index (χ3v) is 11.0. The Balaban J connectivity index is 1.41. The minimum absolute atomic E-state index is 0.224. The molecule has 3 saturated carbocycles. The average molecular weight is 498 g/mol. The first kappa shape index (κ1) is 25.0. The third kappa shape index (κ3) is 4.02. The number of ketones is 1. The van der Waals surface area contributed by atoms with E-state index in [9.17, 15) is 9.90 Å². The number of aliphatic hydroxyl groups is 1. The van der Waals surface area contributed by atoms with E-state index in [2.05, 4.69) is 55.0 Å². The number of rotatable bonds is 3. The van der Waals surface area contributed by atoms with Crippen molar-refractivity contribution in [1.82, 2.24) is 0 Å². The maximum absolute atomic E-state index is 12.3. The average Bonchev–Trinajstić information content (AvgIpc) is 3.18. The van der Waals surface area contributed by atoms with E-state index in [-0.39, 0.29) is 11.3 Å². The van der Waals surface area contributed by atoms with Gasteiger partial charge in [0.1, 0.15) is 5.60 Å². The molecule has 0 amide bonds. The van der Waals surface area contributed by atoms with Gasteiger partial charge in [0.15, 0.2) is 5.78 Å². The minimum Gasteiger partial charge on any atom is -0.377 e. The van der Waals surface area contributed by atoms with Crippen molar-refractivity contribution in [3.05, 3.63) is 52.6 Å². The van der Waals surface area contributed by atoms with E-state index in [0.717, 1.165) is 38.5 Å². The molecule has 0 saturated heterocycles. The molecule has 1 aromatic carbocycles. The zero-order valence-electron chi connectivity index (χ0n) is 23.0. The Morgan fingerprint density at radius 3 is 2.49 bits per heavy atom. The van der Waals surface area contributed by atoms with Crippen molar-refractivity contribution in [2.75, 3.05) is 11.9 Å². The Morgan fingerprint density at radius 1 is 1.00 bits per heavy atom. The van der Waals surface area contributed by atoms with E-state index >= 15 is 0 Å². The number of anilines is 1. The van der Waals surface area contributed by atoms with Gasteiger partial charge in [0.25, 0.3) is 0 Å². The van der Waals surface area contributed by atoms with Crippen molar-refractivity contribution in [2.24, 2.45) is 17.3 Å². The Labute approximate surface area is 223 Å². The highest BCUT2D eigenvalue weighted by atomic mass is 16.3. The van der Waals surface area contributed by atoms with Crippen LogP contribution in [0.4, 0.5) is 5.69 Å². The van der Waals surface area contributed by atoms with Gasteiger partial charge in [0.2, 0.25) is 0 Å². The number of allylic oxidation sites excluding steroid dienone is 4. The molecule has 0 heterocycles. The first-order chi connectivity index (χ1) is 17.8. The highest BCUT2D eigenvalue weighted by Crippen LogP contribution is 2.66. The summed E-state index contributed by atoms with van der Waals surface area (Å²) in [5.74, 6) is 7.84. The molecule has 196 valence electrons. The molecule has 0 spiro atoms. The zero-order chi connectivity index (χ0) is 25.8. The lowest BCUT2D eigenvalue weighted by atomic mass is 9.51. The maximum atomic E-state index is 12.3. The van der Waals surface area contributed by atoms with Crippen molar-refractivity contribution in [3.63, 3.8) is 0 Å². The number of fused-ring (bicyclic) bond motifs is 4. The lowest BCUT2D eigenvalue weighted by Crippen LogP contribution is -2.51. The Bertz CT molecular complexity index is 1190. The van der Waals surface area contributed by atoms with Crippen LogP contribution in [0.2, 0.25) is 0 Å². The van der Waals surface area contributed by atoms with Crippen molar-refractivity contribution in [2.45, 2.75) is 108 Å². The molecular weight excluding hydrogens is 454 g/mol. The summed E-state index contributed by atoms with van der Waals surface area (Å²) >= 11 is 0. The number of nitrogens with zero attached hydrogens (tertiary/aromatic N) is 1. The van der Waals surface area contributed by atoms with Gasteiger partial charge in [-0.3, -0.25) is 4.79 Å². The molecule has 0 aromatic heterocycles. The van der Waals surface area contributed by atoms with Gasteiger partial charge in [-0.05, 0) is 105 Å². The zero-order valence-corrected chi connectivity index (χ0v) is 23.0. The van der Waals surface area contributed by atoms with Gasteiger partial charge in [0, 0.05) is 36.5 Å². The topological polar surface area (TPSA) is 40.5 Å². The van der Waals surface area contributed by atoms with Gasteiger partial charge >= 0.3 is 0 Å². The van der Waals surface area contributed by atoms with Crippen LogP contribution in [0.25, 0.3) is 0 Å². The molecule has 1 aromatic rings. The fourth-order valence-electron chi connectivity index (χ4n) is 9.00. The summed E-state index contributed by atoms with van der Waals surface area (Å²) in [6.07, 6.45) is 15.0. The quantitative estimate of drug-likeness (QED) is 0.453. The second-order valence-electron chi connectivity index (χ2n) is 12.8. The van der Waals surface area contributed by atoms with Gasteiger partial charge in [-0.2, -0.15) is 0 Å². The highest BCUT2D eigenvalue weighted by molar-refractivity contribution is 5.93. The van der Waals surface area contributed by atoms with Crippen molar-refractivity contribution in [1.29, 1.82) is 0 Å². The van der Waals surface area contributed by atoms with E-state index < -0.39 is 5.60 Å². The van der Waals surface area contributed by atoms with Crippen LogP contribution in [0.1, 0.15) is 102 Å². The first-order valence-corrected chi connectivity index (χ1v) is 14.8. The minimum atomic E-state index is -0.916. The molecule has 0 bridgehead atoms. The molecule has 0 radical (unpaired) electrons. The van der Waals surface area contributed by atoms with Crippen LogP contribution in [-0.2, 0) is 4.79 Å². The molecule has 3 nitrogen and oxygen atoms in total. The van der Waals surface area contributed by atoms with Crippen LogP contribution in [0.15, 0.2) is 47.1 Å². The van der Waals surface area contributed by atoms with Gasteiger partial charge in [-0.1, -0.05) is 49.8 Å². The molecule has 5 atom stereocenters. The smallest absolute Gasteiger partial charge is 0.156 e. The van der Waals surface area contributed by atoms with Crippen LogP contribution >= 0.6 is 0 Å². The standard InChI is InChI=1S/C34H43NO2/c1-4-19-34(37)20-18-31-29-16-12-24-21-27(36)15-17-28(24)32(29)30(22-33(31,34)2)23-10-13-26(14-11-23)35(3)25-8-6-5-7-9-25/h10-11,13-14,21,25,29-31,37H,5-9,12,15-18,20,22H2,1-3H3/t29?,30?,31?,33?,34-/m0/s1. The Kier molecular flexibility index (Phi) is 6.39. The lowest BCUT2D eigenvalue weighted by molar-refractivity contribution is -0.114. The molecule has 1 N–H and O–H groups in total. The molecule has 0 aliphatic heterocycles. The SMILES string of the molecule is CC#C[C@]1(O)CCC2C3CCC4=CC(=O)CCC4=C3C(c3ccc(N(C)C4CCCCC4)cc3)CC21C. The molecule has 3 heteroatoms. The molecule has 5 aliphatic rings. The molecule has 37 heavy (non-hydrogen) atoms. The summed E-state index contributed by atoms with van der Waals surface area (Å²) in [5.41, 5.74) is 5.90. The second-order valence-corrected chi connectivity index (χ2v) is 12.8. The van der Waals surface area contributed by atoms with Crippen molar-refractivity contribution >= 4 is 11.5 Å².